The average Bonchev–Trinajstić information content (AvgIpc) is 2.71. The lowest BCUT2D eigenvalue weighted by Gasteiger charge is -2.49. The summed E-state index contributed by atoms with van der Waals surface area (Å²) in [5.41, 5.74) is 0.662. The number of hydrogen-bond acceptors (Lipinski definition) is 4. The molecular weight excluding hydrogens is 236 g/mol. The highest BCUT2D eigenvalue weighted by Crippen LogP contribution is 2.37. The van der Waals surface area contributed by atoms with Crippen LogP contribution in [0.25, 0.3) is 0 Å². The molecule has 1 aromatic rings. The molecule has 2 heterocycles. The minimum Gasteiger partial charge on any atom is -0.476 e. The molecule has 94 valence electrons. The molecule has 1 saturated heterocycles. The van der Waals surface area contributed by atoms with Crippen molar-refractivity contribution in [2.75, 3.05) is 13.1 Å². The maximum atomic E-state index is 10.7. The van der Waals surface area contributed by atoms with E-state index in [-0.39, 0.29) is 5.69 Å². The molecule has 1 fully saturated rings. The van der Waals surface area contributed by atoms with Crippen molar-refractivity contribution < 1.29 is 9.90 Å². The first-order chi connectivity index (χ1) is 8.08. The summed E-state index contributed by atoms with van der Waals surface area (Å²) in [6, 6.07) is 0. The van der Waals surface area contributed by atoms with Crippen molar-refractivity contribution in [2.24, 2.45) is 5.41 Å². The van der Waals surface area contributed by atoms with Crippen LogP contribution in [0.1, 0.15) is 42.2 Å². The van der Waals surface area contributed by atoms with Gasteiger partial charge >= 0.3 is 5.97 Å². The SMILES string of the molecule is CCC1(CC)CN(Cc2nc(C(=O)O)cs2)C1. The van der Waals surface area contributed by atoms with E-state index in [9.17, 15) is 4.79 Å². The summed E-state index contributed by atoms with van der Waals surface area (Å²) in [4.78, 5) is 17.2. The van der Waals surface area contributed by atoms with E-state index in [0.29, 0.717) is 5.41 Å². The normalized spacial score (nSPS) is 18.9. The smallest absolute Gasteiger partial charge is 0.355 e. The molecule has 0 saturated carbocycles. The Morgan fingerprint density at radius 1 is 1.53 bits per heavy atom. The second kappa shape index (κ2) is 4.74. The Labute approximate surface area is 105 Å². The van der Waals surface area contributed by atoms with Gasteiger partial charge in [0.25, 0.3) is 0 Å². The molecule has 0 radical (unpaired) electrons. The number of carboxylic acid groups (broad SMARTS) is 1. The van der Waals surface area contributed by atoms with Crippen LogP contribution >= 0.6 is 11.3 Å². The van der Waals surface area contributed by atoms with Crippen molar-refractivity contribution in [3.05, 3.63) is 16.1 Å². The van der Waals surface area contributed by atoms with Crippen LogP contribution in [0, 0.1) is 5.41 Å². The van der Waals surface area contributed by atoms with Gasteiger partial charge in [-0.05, 0) is 18.3 Å². The second-order valence-electron chi connectivity index (χ2n) is 4.78. The first-order valence-corrected chi connectivity index (χ1v) is 6.86. The van der Waals surface area contributed by atoms with Crippen molar-refractivity contribution in [1.82, 2.24) is 9.88 Å². The van der Waals surface area contributed by atoms with Crippen LogP contribution in [0.3, 0.4) is 0 Å². The van der Waals surface area contributed by atoms with Gasteiger partial charge in [0.05, 0.1) is 6.54 Å². The van der Waals surface area contributed by atoms with Gasteiger partial charge in [0.1, 0.15) is 5.01 Å². The van der Waals surface area contributed by atoms with Gasteiger partial charge in [-0.15, -0.1) is 11.3 Å². The average molecular weight is 254 g/mol. The molecule has 1 aliphatic rings. The Morgan fingerprint density at radius 2 is 2.18 bits per heavy atom. The van der Waals surface area contributed by atoms with Gasteiger partial charge in [0.2, 0.25) is 0 Å². The van der Waals surface area contributed by atoms with E-state index in [1.165, 1.54) is 24.2 Å². The van der Waals surface area contributed by atoms with Crippen LogP contribution < -0.4 is 0 Å². The van der Waals surface area contributed by atoms with Gasteiger partial charge in [-0.3, -0.25) is 4.90 Å². The molecule has 0 atom stereocenters. The van der Waals surface area contributed by atoms with E-state index in [2.05, 4.69) is 23.7 Å². The van der Waals surface area contributed by atoms with Crippen molar-refractivity contribution in [3.8, 4) is 0 Å². The zero-order valence-electron chi connectivity index (χ0n) is 10.3. The topological polar surface area (TPSA) is 53.4 Å². The van der Waals surface area contributed by atoms with Crippen LogP contribution in [0.5, 0.6) is 0 Å². The Bertz CT molecular complexity index is 404. The number of hydrogen-bond donors (Lipinski definition) is 1. The maximum absolute atomic E-state index is 10.7. The molecule has 4 nitrogen and oxygen atoms in total. The molecule has 0 bridgehead atoms. The van der Waals surface area contributed by atoms with Gasteiger partial charge in [-0.25, -0.2) is 9.78 Å². The van der Waals surface area contributed by atoms with Crippen molar-refractivity contribution in [3.63, 3.8) is 0 Å². The summed E-state index contributed by atoms with van der Waals surface area (Å²) in [7, 11) is 0. The molecule has 0 aromatic carbocycles. The number of carboxylic acids is 1. The Morgan fingerprint density at radius 3 is 2.65 bits per heavy atom. The molecular formula is C12H18N2O2S. The summed E-state index contributed by atoms with van der Waals surface area (Å²) in [5, 5.41) is 11.3. The van der Waals surface area contributed by atoms with Gasteiger partial charge < -0.3 is 5.11 Å². The highest BCUT2D eigenvalue weighted by Gasteiger charge is 2.39. The second-order valence-corrected chi connectivity index (χ2v) is 5.73. The van der Waals surface area contributed by atoms with E-state index in [0.717, 1.165) is 24.6 Å². The minimum atomic E-state index is -0.937. The molecule has 0 amide bonds. The molecule has 1 aromatic heterocycles. The lowest BCUT2D eigenvalue weighted by Crippen LogP contribution is -2.54. The predicted octanol–water partition coefficient (Wildman–Crippen LogP) is 2.46. The standard InChI is InChI=1S/C12H18N2O2S/c1-3-12(4-2)7-14(8-12)5-10-13-9(6-17-10)11(15)16/h6H,3-5,7-8H2,1-2H3,(H,15,16). The molecule has 0 aliphatic carbocycles. The molecule has 5 heteroatoms. The number of aromatic carboxylic acids is 1. The third-order valence-electron chi connectivity index (χ3n) is 3.75. The summed E-state index contributed by atoms with van der Waals surface area (Å²) < 4.78 is 0. The maximum Gasteiger partial charge on any atom is 0.355 e. The molecule has 1 N–H and O–H groups in total. The lowest BCUT2D eigenvalue weighted by molar-refractivity contribution is -0.0121. The zero-order valence-corrected chi connectivity index (χ0v) is 11.1. The molecule has 1 aliphatic heterocycles. The Kier molecular flexibility index (Phi) is 3.49. The van der Waals surface area contributed by atoms with E-state index in [4.69, 9.17) is 5.11 Å². The number of nitrogens with zero attached hydrogens (tertiary/aromatic N) is 2. The molecule has 17 heavy (non-hydrogen) atoms. The van der Waals surface area contributed by atoms with Gasteiger partial charge in [-0.1, -0.05) is 13.8 Å². The van der Waals surface area contributed by atoms with E-state index < -0.39 is 5.97 Å². The number of likely N-dealkylation sites (tertiary alicyclic amines) is 1. The van der Waals surface area contributed by atoms with Crippen molar-refractivity contribution >= 4 is 17.3 Å². The van der Waals surface area contributed by atoms with Gasteiger partial charge in [-0.2, -0.15) is 0 Å². The first kappa shape index (κ1) is 12.5. The monoisotopic (exact) mass is 254 g/mol. The Hall–Kier alpha value is -0.940. The fraction of sp³-hybridized carbons (Fsp3) is 0.667. The van der Waals surface area contributed by atoms with Crippen molar-refractivity contribution in [1.29, 1.82) is 0 Å². The van der Waals surface area contributed by atoms with Gasteiger partial charge in [0, 0.05) is 18.5 Å². The molecule has 0 spiro atoms. The Balaban J connectivity index is 1.89. The largest absolute Gasteiger partial charge is 0.476 e. The van der Waals surface area contributed by atoms with E-state index >= 15 is 0 Å². The number of rotatable bonds is 5. The summed E-state index contributed by atoms with van der Waals surface area (Å²) in [6.07, 6.45) is 2.44. The third kappa shape index (κ3) is 2.50. The lowest BCUT2D eigenvalue weighted by atomic mass is 9.75. The van der Waals surface area contributed by atoms with Crippen LogP contribution in [0.2, 0.25) is 0 Å². The fourth-order valence-corrected chi connectivity index (χ4v) is 3.19. The number of carbonyl (C=O) groups is 1. The van der Waals surface area contributed by atoms with Crippen LogP contribution in [-0.2, 0) is 6.54 Å². The van der Waals surface area contributed by atoms with Crippen LogP contribution in [0.15, 0.2) is 5.38 Å². The third-order valence-corrected chi connectivity index (χ3v) is 4.58. The zero-order chi connectivity index (χ0) is 12.5. The van der Waals surface area contributed by atoms with E-state index in [1.807, 2.05) is 0 Å². The number of thiazole rings is 1. The fourth-order valence-electron chi connectivity index (χ4n) is 2.38. The quantitative estimate of drug-likeness (QED) is 0.877. The van der Waals surface area contributed by atoms with Crippen molar-refractivity contribution in [2.45, 2.75) is 33.2 Å². The summed E-state index contributed by atoms with van der Waals surface area (Å²) in [5.74, 6) is -0.937. The molecule has 2 rings (SSSR count). The summed E-state index contributed by atoms with van der Waals surface area (Å²) >= 11 is 1.44. The first-order valence-electron chi connectivity index (χ1n) is 5.98. The minimum absolute atomic E-state index is 0.169. The van der Waals surface area contributed by atoms with Crippen LogP contribution in [0.4, 0.5) is 0 Å². The molecule has 0 unspecified atom stereocenters. The highest BCUT2D eigenvalue weighted by molar-refractivity contribution is 7.09. The summed E-state index contributed by atoms with van der Waals surface area (Å²) in [6.45, 7) is 7.50. The highest BCUT2D eigenvalue weighted by atomic mass is 32.1. The van der Waals surface area contributed by atoms with Crippen LogP contribution in [-0.4, -0.2) is 34.0 Å². The van der Waals surface area contributed by atoms with Gasteiger partial charge in [0.15, 0.2) is 5.69 Å². The predicted molar refractivity (Wildman–Crippen MR) is 67.4 cm³/mol. The number of aromatic nitrogens is 1. The van der Waals surface area contributed by atoms with E-state index in [1.54, 1.807) is 5.38 Å².